The van der Waals surface area contributed by atoms with Crippen molar-refractivity contribution in [2.45, 2.75) is 20.1 Å². The first-order valence-corrected chi connectivity index (χ1v) is 7.87. The second-order valence-electron chi connectivity index (χ2n) is 4.79. The molecule has 0 spiro atoms. The van der Waals surface area contributed by atoms with Crippen molar-refractivity contribution in [3.8, 4) is 11.5 Å². The molecular formula is C17H19BrFNO2. The number of benzene rings is 2. The number of halogens is 2. The lowest BCUT2D eigenvalue weighted by Crippen LogP contribution is -2.12. The molecule has 0 aromatic heterocycles. The summed E-state index contributed by atoms with van der Waals surface area (Å²) in [6, 6.07) is 10.1. The minimum absolute atomic E-state index is 0.253. The van der Waals surface area contributed by atoms with Gasteiger partial charge in [-0.2, -0.15) is 0 Å². The van der Waals surface area contributed by atoms with E-state index in [4.69, 9.17) is 9.47 Å². The zero-order valence-electron chi connectivity index (χ0n) is 12.7. The Labute approximate surface area is 138 Å². The van der Waals surface area contributed by atoms with E-state index >= 15 is 0 Å². The summed E-state index contributed by atoms with van der Waals surface area (Å²) in [6.07, 6.45) is 0. The maximum atomic E-state index is 12.9. The lowest BCUT2D eigenvalue weighted by atomic mass is 10.2. The van der Waals surface area contributed by atoms with Crippen LogP contribution in [0, 0.1) is 5.82 Å². The van der Waals surface area contributed by atoms with Crippen LogP contribution in [-0.4, -0.2) is 13.7 Å². The molecule has 0 atom stereocenters. The van der Waals surface area contributed by atoms with Crippen LogP contribution in [0.4, 0.5) is 4.39 Å². The van der Waals surface area contributed by atoms with Gasteiger partial charge in [-0.25, -0.2) is 4.39 Å². The largest absolute Gasteiger partial charge is 0.493 e. The van der Waals surface area contributed by atoms with E-state index in [1.165, 1.54) is 12.1 Å². The fraction of sp³-hybridized carbons (Fsp3) is 0.294. The third-order valence-corrected chi connectivity index (χ3v) is 3.94. The summed E-state index contributed by atoms with van der Waals surface area (Å²) in [5.41, 5.74) is 2.00. The lowest BCUT2D eigenvalue weighted by Gasteiger charge is -2.14. The van der Waals surface area contributed by atoms with Gasteiger partial charge in [-0.1, -0.05) is 35.0 Å². The molecule has 0 saturated carbocycles. The normalized spacial score (nSPS) is 10.5. The minimum atomic E-state index is -0.253. The summed E-state index contributed by atoms with van der Waals surface area (Å²) in [5, 5.41) is 3.28. The number of rotatable bonds is 7. The summed E-state index contributed by atoms with van der Waals surface area (Å²) >= 11 is 3.55. The second-order valence-corrected chi connectivity index (χ2v) is 5.64. The SMILES string of the molecule is CCNCc1cc(OC)c(OCc2ccc(F)cc2)cc1Br. The highest BCUT2D eigenvalue weighted by atomic mass is 79.9. The molecular weight excluding hydrogens is 349 g/mol. The number of hydrogen-bond acceptors (Lipinski definition) is 3. The Morgan fingerprint density at radius 1 is 1.14 bits per heavy atom. The summed E-state index contributed by atoms with van der Waals surface area (Å²) in [7, 11) is 1.62. The van der Waals surface area contributed by atoms with Crippen LogP contribution in [0.1, 0.15) is 18.1 Å². The zero-order chi connectivity index (χ0) is 15.9. The van der Waals surface area contributed by atoms with Gasteiger partial charge in [-0.15, -0.1) is 0 Å². The highest BCUT2D eigenvalue weighted by Gasteiger charge is 2.10. The summed E-state index contributed by atoms with van der Waals surface area (Å²) in [5.74, 6) is 1.08. The summed E-state index contributed by atoms with van der Waals surface area (Å²) in [4.78, 5) is 0. The van der Waals surface area contributed by atoms with Crippen molar-refractivity contribution in [2.24, 2.45) is 0 Å². The van der Waals surface area contributed by atoms with Crippen molar-refractivity contribution in [1.29, 1.82) is 0 Å². The van der Waals surface area contributed by atoms with E-state index in [1.54, 1.807) is 19.2 Å². The van der Waals surface area contributed by atoms with E-state index in [2.05, 4.69) is 28.2 Å². The minimum Gasteiger partial charge on any atom is -0.493 e. The van der Waals surface area contributed by atoms with Crippen LogP contribution in [-0.2, 0) is 13.2 Å². The maximum absolute atomic E-state index is 12.9. The molecule has 22 heavy (non-hydrogen) atoms. The Morgan fingerprint density at radius 3 is 2.50 bits per heavy atom. The molecule has 2 rings (SSSR count). The first kappa shape index (κ1) is 16.8. The van der Waals surface area contributed by atoms with Crippen molar-refractivity contribution < 1.29 is 13.9 Å². The van der Waals surface area contributed by atoms with Gasteiger partial charge in [0.2, 0.25) is 0 Å². The third kappa shape index (κ3) is 4.45. The van der Waals surface area contributed by atoms with Gasteiger partial charge in [0, 0.05) is 11.0 Å². The topological polar surface area (TPSA) is 30.5 Å². The van der Waals surface area contributed by atoms with Gasteiger partial charge in [0.1, 0.15) is 12.4 Å². The molecule has 2 aromatic rings. The van der Waals surface area contributed by atoms with Crippen LogP contribution in [0.2, 0.25) is 0 Å². The van der Waals surface area contributed by atoms with Crippen molar-refractivity contribution in [3.05, 3.63) is 57.8 Å². The van der Waals surface area contributed by atoms with Crippen LogP contribution in [0.15, 0.2) is 40.9 Å². The van der Waals surface area contributed by atoms with Crippen molar-refractivity contribution in [3.63, 3.8) is 0 Å². The fourth-order valence-electron chi connectivity index (χ4n) is 1.99. The second kappa shape index (κ2) is 8.15. The highest BCUT2D eigenvalue weighted by molar-refractivity contribution is 9.10. The molecule has 0 radical (unpaired) electrons. The molecule has 0 aliphatic rings. The molecule has 0 unspecified atom stereocenters. The van der Waals surface area contributed by atoms with Crippen molar-refractivity contribution in [1.82, 2.24) is 5.32 Å². The molecule has 0 amide bonds. The average Bonchev–Trinajstić information content (AvgIpc) is 2.53. The first-order chi connectivity index (χ1) is 10.6. The van der Waals surface area contributed by atoms with E-state index in [0.29, 0.717) is 18.1 Å². The van der Waals surface area contributed by atoms with E-state index in [0.717, 1.165) is 28.7 Å². The maximum Gasteiger partial charge on any atom is 0.162 e. The molecule has 0 aliphatic carbocycles. The van der Waals surface area contributed by atoms with Gasteiger partial charge in [-0.05, 0) is 41.9 Å². The molecule has 0 bridgehead atoms. The van der Waals surface area contributed by atoms with Crippen LogP contribution >= 0.6 is 15.9 Å². The molecule has 3 nitrogen and oxygen atoms in total. The number of methoxy groups -OCH3 is 1. The van der Waals surface area contributed by atoms with Gasteiger partial charge in [0.25, 0.3) is 0 Å². The van der Waals surface area contributed by atoms with Gasteiger partial charge in [0.15, 0.2) is 11.5 Å². The van der Waals surface area contributed by atoms with Crippen LogP contribution in [0.3, 0.4) is 0 Å². The molecule has 1 N–H and O–H groups in total. The van der Waals surface area contributed by atoms with Gasteiger partial charge >= 0.3 is 0 Å². The predicted molar refractivity (Wildman–Crippen MR) is 88.8 cm³/mol. The molecule has 5 heteroatoms. The van der Waals surface area contributed by atoms with Crippen molar-refractivity contribution in [2.75, 3.05) is 13.7 Å². The third-order valence-electron chi connectivity index (χ3n) is 3.21. The molecule has 0 fully saturated rings. The standard InChI is InChI=1S/C17H19BrFNO2/c1-3-20-10-13-8-16(21-2)17(9-15(13)18)22-11-12-4-6-14(19)7-5-12/h4-9,20H,3,10-11H2,1-2H3. The Hall–Kier alpha value is -1.59. The van der Waals surface area contributed by atoms with Gasteiger partial charge in [-0.3, -0.25) is 0 Å². The monoisotopic (exact) mass is 367 g/mol. The Morgan fingerprint density at radius 2 is 1.86 bits per heavy atom. The summed E-state index contributed by atoms with van der Waals surface area (Å²) in [6.45, 7) is 4.07. The Bertz CT molecular complexity index is 617. The van der Waals surface area contributed by atoms with Crippen LogP contribution < -0.4 is 14.8 Å². The summed E-state index contributed by atoms with van der Waals surface area (Å²) < 4.78 is 25.0. The first-order valence-electron chi connectivity index (χ1n) is 7.08. The zero-order valence-corrected chi connectivity index (χ0v) is 14.2. The predicted octanol–water partition coefficient (Wildman–Crippen LogP) is 4.29. The van der Waals surface area contributed by atoms with E-state index < -0.39 is 0 Å². The van der Waals surface area contributed by atoms with Crippen LogP contribution in [0.25, 0.3) is 0 Å². The van der Waals surface area contributed by atoms with E-state index in [1.807, 2.05) is 12.1 Å². The number of nitrogens with one attached hydrogen (secondary N) is 1. The van der Waals surface area contributed by atoms with E-state index in [-0.39, 0.29) is 5.82 Å². The van der Waals surface area contributed by atoms with Crippen molar-refractivity contribution >= 4 is 15.9 Å². The quantitative estimate of drug-likeness (QED) is 0.791. The lowest BCUT2D eigenvalue weighted by molar-refractivity contribution is 0.284. The number of hydrogen-bond donors (Lipinski definition) is 1. The smallest absolute Gasteiger partial charge is 0.162 e. The molecule has 0 aliphatic heterocycles. The Kier molecular flexibility index (Phi) is 6.21. The fourth-order valence-corrected chi connectivity index (χ4v) is 2.45. The molecule has 118 valence electrons. The van der Waals surface area contributed by atoms with Gasteiger partial charge < -0.3 is 14.8 Å². The average molecular weight is 368 g/mol. The molecule has 0 saturated heterocycles. The number of ether oxygens (including phenoxy) is 2. The molecule has 2 aromatic carbocycles. The Balaban J connectivity index is 2.12. The highest BCUT2D eigenvalue weighted by Crippen LogP contribution is 2.34. The van der Waals surface area contributed by atoms with Gasteiger partial charge in [0.05, 0.1) is 7.11 Å². The van der Waals surface area contributed by atoms with Crippen LogP contribution in [0.5, 0.6) is 11.5 Å². The van der Waals surface area contributed by atoms with E-state index in [9.17, 15) is 4.39 Å². The molecule has 0 heterocycles.